The van der Waals surface area contributed by atoms with Crippen LogP contribution in [0.2, 0.25) is 0 Å². The molecule has 0 radical (unpaired) electrons. The Kier molecular flexibility index (Phi) is 5.08. The average Bonchev–Trinajstić information content (AvgIpc) is 2.37. The van der Waals surface area contributed by atoms with Crippen molar-refractivity contribution in [1.82, 2.24) is 4.72 Å². The van der Waals surface area contributed by atoms with E-state index in [1.54, 1.807) is 0 Å². The maximum atomic E-state index is 12.6. The molecule has 1 aromatic carbocycles. The van der Waals surface area contributed by atoms with E-state index in [1.165, 1.54) is 29.0 Å². The molecule has 0 fully saturated rings. The second-order valence-electron chi connectivity index (χ2n) is 3.95. The Morgan fingerprint density at radius 2 is 1.80 bits per heavy atom. The summed E-state index contributed by atoms with van der Waals surface area (Å²) in [5, 5.41) is 8.55. The van der Waals surface area contributed by atoms with Gasteiger partial charge >= 0.3 is 12.3 Å². The Bertz CT molecular complexity index is 594. The summed E-state index contributed by atoms with van der Waals surface area (Å²) in [7, 11) is -4.17. The van der Waals surface area contributed by atoms with E-state index in [0.717, 1.165) is 0 Å². The lowest BCUT2D eigenvalue weighted by molar-refractivity contribution is -0.122. The van der Waals surface area contributed by atoms with Gasteiger partial charge in [0.25, 0.3) is 0 Å². The van der Waals surface area contributed by atoms with Crippen LogP contribution in [0.25, 0.3) is 0 Å². The van der Waals surface area contributed by atoms with Crippen LogP contribution in [0.15, 0.2) is 24.3 Å². The average molecular weight is 310 g/mol. The van der Waals surface area contributed by atoms with E-state index in [-0.39, 0.29) is 5.56 Å². The molecule has 0 aliphatic heterocycles. The first-order valence-electron chi connectivity index (χ1n) is 5.28. The molecule has 0 saturated carbocycles. The van der Waals surface area contributed by atoms with Gasteiger partial charge in [-0.15, -0.1) is 0 Å². The van der Waals surface area contributed by atoms with Gasteiger partial charge in [-0.1, -0.05) is 12.1 Å². The van der Waals surface area contributed by atoms with Gasteiger partial charge in [-0.3, -0.25) is 0 Å². The fourth-order valence-electron chi connectivity index (χ4n) is 1.23. The fourth-order valence-corrected chi connectivity index (χ4v) is 2.37. The predicted octanol–water partition coefficient (Wildman–Crippen LogP) is 1.88. The molecule has 0 amide bonds. The largest absolute Gasteiger partial charge is 0.320 e. The number of halogens is 4. The number of hydrogen-bond donors (Lipinski definition) is 1. The minimum Gasteiger partial charge on any atom is -0.212 e. The Balaban J connectivity index is 2.68. The van der Waals surface area contributed by atoms with Crippen molar-refractivity contribution < 1.29 is 26.0 Å². The van der Waals surface area contributed by atoms with Crippen molar-refractivity contribution in [2.24, 2.45) is 0 Å². The molecule has 1 N–H and O–H groups in total. The van der Waals surface area contributed by atoms with E-state index in [9.17, 15) is 26.0 Å². The molecule has 0 aliphatic rings. The summed E-state index contributed by atoms with van der Waals surface area (Å²) >= 11 is 0. The Morgan fingerprint density at radius 1 is 1.25 bits per heavy atom. The molecule has 0 saturated heterocycles. The monoisotopic (exact) mass is 310 g/mol. The maximum absolute atomic E-state index is 12.6. The smallest absolute Gasteiger partial charge is 0.212 e. The summed E-state index contributed by atoms with van der Waals surface area (Å²) in [6, 6.07) is 7.22. The third-order valence-corrected chi connectivity index (χ3v) is 3.58. The van der Waals surface area contributed by atoms with Crippen molar-refractivity contribution in [2.75, 3.05) is 6.54 Å². The van der Waals surface area contributed by atoms with Gasteiger partial charge in [0.05, 0.1) is 23.9 Å². The number of rotatable bonds is 6. The van der Waals surface area contributed by atoms with Crippen LogP contribution < -0.4 is 4.72 Å². The topological polar surface area (TPSA) is 70.0 Å². The highest BCUT2D eigenvalue weighted by atomic mass is 32.2. The first kappa shape index (κ1) is 16.4. The van der Waals surface area contributed by atoms with Crippen LogP contribution in [0, 0.1) is 11.3 Å². The van der Waals surface area contributed by atoms with Crippen molar-refractivity contribution in [2.45, 2.75) is 18.1 Å². The van der Waals surface area contributed by atoms with Crippen molar-refractivity contribution in [1.29, 1.82) is 5.26 Å². The third kappa shape index (κ3) is 4.79. The minimum atomic E-state index is -4.42. The van der Waals surface area contributed by atoms with Crippen molar-refractivity contribution in [3.63, 3.8) is 0 Å². The predicted molar refractivity (Wildman–Crippen MR) is 62.7 cm³/mol. The summed E-state index contributed by atoms with van der Waals surface area (Å²) in [6.07, 6.45) is -3.94. The summed E-state index contributed by atoms with van der Waals surface area (Å²) in [5.74, 6) is -5.06. The lowest BCUT2D eigenvalue weighted by Crippen LogP contribution is -2.41. The minimum absolute atomic E-state index is 0.247. The van der Waals surface area contributed by atoms with E-state index in [0.29, 0.717) is 5.56 Å². The molecule has 0 aliphatic carbocycles. The number of benzene rings is 1. The molecule has 0 aromatic heterocycles. The summed E-state index contributed by atoms with van der Waals surface area (Å²) in [5.41, 5.74) is 0.556. The Labute approximate surface area is 113 Å². The highest BCUT2D eigenvalue weighted by Crippen LogP contribution is 2.22. The van der Waals surface area contributed by atoms with Gasteiger partial charge in [0, 0.05) is 0 Å². The number of nitrogens with one attached hydrogen (secondary N) is 1. The molecular formula is C11H10F4N2O2S. The number of nitrogens with zero attached hydrogens (tertiary/aromatic N) is 1. The molecule has 0 atom stereocenters. The molecule has 1 aromatic rings. The van der Waals surface area contributed by atoms with E-state index >= 15 is 0 Å². The Hall–Kier alpha value is -1.66. The first-order chi connectivity index (χ1) is 9.16. The lowest BCUT2D eigenvalue weighted by atomic mass is 10.2. The zero-order valence-corrected chi connectivity index (χ0v) is 10.8. The van der Waals surface area contributed by atoms with Crippen LogP contribution in [0.5, 0.6) is 0 Å². The maximum Gasteiger partial charge on any atom is 0.320 e. The molecule has 20 heavy (non-hydrogen) atoms. The first-order valence-corrected chi connectivity index (χ1v) is 6.94. The van der Waals surface area contributed by atoms with Crippen LogP contribution in [0.3, 0.4) is 0 Å². The summed E-state index contributed by atoms with van der Waals surface area (Å²) < 4.78 is 73.3. The van der Waals surface area contributed by atoms with Gasteiger partial charge < -0.3 is 0 Å². The molecular weight excluding hydrogens is 300 g/mol. The van der Waals surface area contributed by atoms with Gasteiger partial charge in [-0.2, -0.15) is 14.0 Å². The van der Waals surface area contributed by atoms with Crippen LogP contribution >= 0.6 is 0 Å². The highest BCUT2D eigenvalue weighted by molar-refractivity contribution is 7.88. The molecule has 0 spiro atoms. The van der Waals surface area contributed by atoms with E-state index < -0.39 is 34.7 Å². The van der Waals surface area contributed by atoms with Crippen molar-refractivity contribution >= 4 is 10.0 Å². The van der Waals surface area contributed by atoms with E-state index in [4.69, 9.17) is 5.26 Å². The molecule has 0 heterocycles. The molecule has 110 valence electrons. The number of hydrogen-bond acceptors (Lipinski definition) is 3. The quantitative estimate of drug-likeness (QED) is 0.816. The van der Waals surface area contributed by atoms with Crippen LogP contribution in [0.4, 0.5) is 17.6 Å². The second-order valence-corrected chi connectivity index (χ2v) is 5.76. The SMILES string of the molecule is N#Cc1ccc(CS(=O)(=O)NCC(F)(F)C(F)F)cc1. The van der Waals surface area contributed by atoms with Gasteiger partial charge in [0.1, 0.15) is 0 Å². The van der Waals surface area contributed by atoms with Gasteiger partial charge in [-0.05, 0) is 17.7 Å². The van der Waals surface area contributed by atoms with Gasteiger partial charge in [-0.25, -0.2) is 21.9 Å². The lowest BCUT2D eigenvalue weighted by Gasteiger charge is -2.15. The normalized spacial score (nSPS) is 12.4. The molecule has 0 unspecified atom stereocenters. The van der Waals surface area contributed by atoms with Crippen LogP contribution in [0.1, 0.15) is 11.1 Å². The second kappa shape index (κ2) is 6.19. The van der Waals surface area contributed by atoms with Crippen molar-refractivity contribution in [3.8, 4) is 6.07 Å². The third-order valence-electron chi connectivity index (χ3n) is 2.29. The van der Waals surface area contributed by atoms with Crippen LogP contribution in [-0.2, 0) is 15.8 Å². The van der Waals surface area contributed by atoms with E-state index in [1.807, 2.05) is 6.07 Å². The molecule has 9 heteroatoms. The van der Waals surface area contributed by atoms with E-state index in [2.05, 4.69) is 0 Å². The van der Waals surface area contributed by atoms with Gasteiger partial charge in [0.15, 0.2) is 0 Å². The molecule has 4 nitrogen and oxygen atoms in total. The Morgan fingerprint density at radius 3 is 2.25 bits per heavy atom. The molecule has 1 rings (SSSR count). The van der Waals surface area contributed by atoms with Crippen LogP contribution in [-0.4, -0.2) is 27.3 Å². The van der Waals surface area contributed by atoms with Gasteiger partial charge in [0.2, 0.25) is 10.0 Å². The highest BCUT2D eigenvalue weighted by Gasteiger charge is 2.41. The summed E-state index contributed by atoms with van der Waals surface area (Å²) in [4.78, 5) is 0. The zero-order chi connectivity index (χ0) is 15.4. The standard InChI is InChI=1S/C11H10F4N2O2S/c12-10(13)11(14,15)7-17-20(18,19)6-9-3-1-8(5-16)2-4-9/h1-4,10,17H,6-7H2. The van der Waals surface area contributed by atoms with Crippen molar-refractivity contribution in [3.05, 3.63) is 35.4 Å². The molecule has 0 bridgehead atoms. The number of nitriles is 1. The number of alkyl halides is 4. The summed E-state index contributed by atoms with van der Waals surface area (Å²) in [6.45, 7) is -1.66. The fraction of sp³-hybridized carbons (Fsp3) is 0.364. The number of sulfonamides is 1. The zero-order valence-electron chi connectivity index (χ0n) is 9.98.